The average Bonchev–Trinajstić information content (AvgIpc) is 3.19. The minimum atomic E-state index is -0.175. The predicted octanol–water partition coefficient (Wildman–Crippen LogP) is 3.46. The van der Waals surface area contributed by atoms with Gasteiger partial charge in [-0.25, -0.2) is 4.98 Å². The lowest BCUT2D eigenvalue weighted by atomic mass is 9.96. The molecule has 132 valence electrons. The van der Waals surface area contributed by atoms with Crippen molar-refractivity contribution in [3.8, 4) is 0 Å². The van der Waals surface area contributed by atoms with Crippen molar-refractivity contribution in [2.24, 2.45) is 5.92 Å². The predicted molar refractivity (Wildman–Crippen MR) is 98.8 cm³/mol. The third-order valence-electron chi connectivity index (χ3n) is 4.29. The molecular formula is C18H20N2O3S2. The van der Waals surface area contributed by atoms with E-state index in [0.717, 1.165) is 21.9 Å². The van der Waals surface area contributed by atoms with Crippen molar-refractivity contribution in [3.05, 3.63) is 46.4 Å². The summed E-state index contributed by atoms with van der Waals surface area (Å²) in [4.78, 5) is 31.6. The molecule has 0 radical (unpaired) electrons. The van der Waals surface area contributed by atoms with Gasteiger partial charge in [0.15, 0.2) is 0 Å². The quantitative estimate of drug-likeness (QED) is 0.591. The number of esters is 1. The molecule has 1 fully saturated rings. The molecule has 0 bridgehead atoms. The zero-order chi connectivity index (χ0) is 17.6. The van der Waals surface area contributed by atoms with E-state index in [1.807, 2.05) is 40.1 Å². The van der Waals surface area contributed by atoms with Gasteiger partial charge < -0.3 is 9.64 Å². The molecule has 2 aromatic rings. The lowest BCUT2D eigenvalue weighted by Gasteiger charge is -2.31. The van der Waals surface area contributed by atoms with Gasteiger partial charge in [-0.15, -0.1) is 23.1 Å². The molecule has 5 nitrogen and oxygen atoms in total. The first-order valence-electron chi connectivity index (χ1n) is 8.15. The van der Waals surface area contributed by atoms with Crippen LogP contribution in [0.15, 0.2) is 40.1 Å². The third-order valence-corrected chi connectivity index (χ3v) is 6.04. The van der Waals surface area contributed by atoms with Crippen molar-refractivity contribution < 1.29 is 14.3 Å². The van der Waals surface area contributed by atoms with Crippen LogP contribution in [0.3, 0.4) is 0 Å². The van der Waals surface area contributed by atoms with E-state index >= 15 is 0 Å². The topological polar surface area (TPSA) is 59.5 Å². The zero-order valence-electron chi connectivity index (χ0n) is 14.0. The smallest absolute Gasteiger partial charge is 0.308 e. The molecule has 1 aliphatic rings. The van der Waals surface area contributed by atoms with Gasteiger partial charge in [0, 0.05) is 29.1 Å². The fraction of sp³-hybridized carbons (Fsp3) is 0.389. The first-order chi connectivity index (χ1) is 12.2. The van der Waals surface area contributed by atoms with Crippen LogP contribution in [0.4, 0.5) is 0 Å². The van der Waals surface area contributed by atoms with E-state index < -0.39 is 0 Å². The summed E-state index contributed by atoms with van der Waals surface area (Å²) in [5, 5.41) is 2.02. The molecule has 0 unspecified atom stereocenters. The van der Waals surface area contributed by atoms with Crippen LogP contribution in [0.1, 0.15) is 28.9 Å². The highest BCUT2D eigenvalue weighted by atomic mass is 32.2. The van der Waals surface area contributed by atoms with Crippen LogP contribution >= 0.6 is 23.1 Å². The summed E-state index contributed by atoms with van der Waals surface area (Å²) in [6.07, 6.45) is 1.32. The number of aromatic nitrogens is 1. The number of methoxy groups -OCH3 is 1. The van der Waals surface area contributed by atoms with E-state index in [9.17, 15) is 9.59 Å². The number of ether oxygens (including phenoxy) is 1. The van der Waals surface area contributed by atoms with Crippen LogP contribution in [0.25, 0.3) is 0 Å². The Bertz CT molecular complexity index is 726. The number of carbonyl (C=O) groups excluding carboxylic acids is 2. The summed E-state index contributed by atoms with van der Waals surface area (Å²) < 4.78 is 4.81. The summed E-state index contributed by atoms with van der Waals surface area (Å²) in [7, 11) is 1.41. The fourth-order valence-corrected chi connectivity index (χ4v) is 4.50. The van der Waals surface area contributed by atoms with Gasteiger partial charge in [-0.1, -0.05) is 12.1 Å². The van der Waals surface area contributed by atoms with Crippen LogP contribution in [0.5, 0.6) is 0 Å². The molecule has 1 aromatic carbocycles. The zero-order valence-corrected chi connectivity index (χ0v) is 15.6. The molecule has 0 spiro atoms. The second-order valence-corrected chi connectivity index (χ2v) is 7.59. The largest absolute Gasteiger partial charge is 0.469 e. The molecular weight excluding hydrogens is 356 g/mol. The monoisotopic (exact) mass is 376 g/mol. The second kappa shape index (κ2) is 8.49. The van der Waals surface area contributed by atoms with Gasteiger partial charge in [0.2, 0.25) is 0 Å². The van der Waals surface area contributed by atoms with E-state index in [1.165, 1.54) is 7.11 Å². The van der Waals surface area contributed by atoms with E-state index in [4.69, 9.17) is 4.74 Å². The van der Waals surface area contributed by atoms with E-state index in [-0.39, 0.29) is 17.8 Å². The number of benzene rings is 1. The number of rotatable bonds is 5. The fourth-order valence-electron chi connectivity index (χ4n) is 2.88. The number of amides is 1. The Labute approximate surface area is 155 Å². The SMILES string of the molecule is COC(=O)C1CCN(C(=O)c2ccccc2SCc2cscn2)CC1. The Balaban J connectivity index is 1.65. The summed E-state index contributed by atoms with van der Waals surface area (Å²) >= 11 is 3.20. The first kappa shape index (κ1) is 17.9. The summed E-state index contributed by atoms with van der Waals surface area (Å²) in [6.45, 7) is 1.17. The molecule has 7 heteroatoms. The van der Waals surface area contributed by atoms with Crippen molar-refractivity contribution in [1.29, 1.82) is 0 Å². The first-order valence-corrected chi connectivity index (χ1v) is 10.1. The number of carbonyl (C=O) groups is 2. The van der Waals surface area contributed by atoms with Crippen LogP contribution in [0, 0.1) is 5.92 Å². The maximum atomic E-state index is 12.9. The van der Waals surface area contributed by atoms with E-state index in [1.54, 1.807) is 23.1 Å². The highest BCUT2D eigenvalue weighted by Crippen LogP contribution is 2.28. The van der Waals surface area contributed by atoms with Crippen LogP contribution in [-0.2, 0) is 15.3 Å². The van der Waals surface area contributed by atoms with Crippen molar-refractivity contribution in [1.82, 2.24) is 9.88 Å². The standard InChI is InChI=1S/C18H20N2O3S2/c1-23-18(22)13-6-8-20(9-7-13)17(21)15-4-2-3-5-16(15)25-11-14-10-24-12-19-14/h2-5,10,12-13H,6-9,11H2,1H3. The van der Waals surface area contributed by atoms with Gasteiger partial charge in [-0.3, -0.25) is 9.59 Å². The number of piperidine rings is 1. The maximum absolute atomic E-state index is 12.9. The molecule has 25 heavy (non-hydrogen) atoms. The highest BCUT2D eigenvalue weighted by Gasteiger charge is 2.29. The molecule has 1 amide bonds. The van der Waals surface area contributed by atoms with E-state index in [0.29, 0.717) is 25.9 Å². The Hall–Kier alpha value is -1.86. The van der Waals surface area contributed by atoms with Gasteiger partial charge in [0.1, 0.15) is 0 Å². The summed E-state index contributed by atoms with van der Waals surface area (Å²) in [5.74, 6) is 0.512. The van der Waals surface area contributed by atoms with Crippen LogP contribution < -0.4 is 0 Å². The maximum Gasteiger partial charge on any atom is 0.308 e. The molecule has 2 heterocycles. The summed E-state index contributed by atoms with van der Waals surface area (Å²) in [6, 6.07) is 7.69. The highest BCUT2D eigenvalue weighted by molar-refractivity contribution is 7.98. The number of hydrogen-bond donors (Lipinski definition) is 0. The van der Waals surface area contributed by atoms with Crippen molar-refractivity contribution in [3.63, 3.8) is 0 Å². The van der Waals surface area contributed by atoms with Crippen molar-refractivity contribution >= 4 is 35.0 Å². The molecule has 3 rings (SSSR count). The van der Waals surface area contributed by atoms with Gasteiger partial charge >= 0.3 is 5.97 Å². The Morgan fingerprint density at radius 1 is 1.32 bits per heavy atom. The number of hydrogen-bond acceptors (Lipinski definition) is 6. The Morgan fingerprint density at radius 2 is 2.08 bits per heavy atom. The number of thioether (sulfide) groups is 1. The minimum absolute atomic E-state index is 0.0321. The average molecular weight is 377 g/mol. The number of likely N-dealkylation sites (tertiary alicyclic amines) is 1. The molecule has 0 aliphatic carbocycles. The van der Waals surface area contributed by atoms with Crippen molar-refractivity contribution in [2.75, 3.05) is 20.2 Å². The summed E-state index contributed by atoms with van der Waals surface area (Å²) in [5.41, 5.74) is 3.56. The normalized spacial score (nSPS) is 15.2. The molecule has 1 saturated heterocycles. The number of thiazole rings is 1. The number of nitrogens with zero attached hydrogens (tertiary/aromatic N) is 2. The van der Waals surface area contributed by atoms with E-state index in [2.05, 4.69) is 4.98 Å². The molecule has 1 aliphatic heterocycles. The Morgan fingerprint density at radius 3 is 2.76 bits per heavy atom. The lowest BCUT2D eigenvalue weighted by Crippen LogP contribution is -2.40. The van der Waals surface area contributed by atoms with Gasteiger partial charge in [-0.2, -0.15) is 0 Å². The Kier molecular flexibility index (Phi) is 6.09. The lowest BCUT2D eigenvalue weighted by molar-refractivity contribution is -0.146. The third kappa shape index (κ3) is 4.41. The molecule has 1 aromatic heterocycles. The van der Waals surface area contributed by atoms with Crippen molar-refractivity contribution in [2.45, 2.75) is 23.5 Å². The van der Waals surface area contributed by atoms with Gasteiger partial charge in [0.05, 0.1) is 29.8 Å². The van der Waals surface area contributed by atoms with Crippen LogP contribution in [-0.4, -0.2) is 42.0 Å². The second-order valence-electron chi connectivity index (χ2n) is 5.85. The van der Waals surface area contributed by atoms with Gasteiger partial charge in [-0.05, 0) is 25.0 Å². The van der Waals surface area contributed by atoms with Crippen LogP contribution in [0.2, 0.25) is 0 Å². The molecule has 0 saturated carbocycles. The van der Waals surface area contributed by atoms with Gasteiger partial charge in [0.25, 0.3) is 5.91 Å². The molecule has 0 atom stereocenters. The minimum Gasteiger partial charge on any atom is -0.469 e. The molecule has 0 N–H and O–H groups in total.